The Hall–Kier alpha value is -1.42. The molecule has 0 aliphatic carbocycles. The van der Waals surface area contributed by atoms with Gasteiger partial charge in [-0.15, -0.1) is 11.3 Å². The maximum absolute atomic E-state index is 4.99. The fourth-order valence-corrected chi connectivity index (χ4v) is 4.50. The number of hydrogen-bond donors (Lipinski definition) is 0. The van der Waals surface area contributed by atoms with Gasteiger partial charge in [0.1, 0.15) is 0 Å². The van der Waals surface area contributed by atoms with E-state index in [0.717, 1.165) is 22.8 Å². The molecule has 1 aromatic heterocycles. The molecule has 0 unspecified atom stereocenters. The van der Waals surface area contributed by atoms with Crippen molar-refractivity contribution in [3.8, 4) is 0 Å². The number of nitrogens with zero attached hydrogens (tertiary/aromatic N) is 2. The van der Waals surface area contributed by atoms with E-state index in [4.69, 9.17) is 30.2 Å². The van der Waals surface area contributed by atoms with Crippen LogP contribution in [-0.2, 0) is 24.0 Å². The summed E-state index contributed by atoms with van der Waals surface area (Å²) in [7, 11) is 9.53. The van der Waals surface area contributed by atoms with Crippen LogP contribution in [0.2, 0.25) is 0 Å². The molecule has 2 aromatic carbocycles. The Morgan fingerprint density at radius 2 is 0.971 bits per heavy atom. The summed E-state index contributed by atoms with van der Waals surface area (Å²) >= 11 is 1.95. The van der Waals surface area contributed by atoms with Gasteiger partial charge in [-0.25, -0.2) is 0 Å². The van der Waals surface area contributed by atoms with Gasteiger partial charge in [0.05, 0.1) is 22.8 Å². The van der Waals surface area contributed by atoms with E-state index in [1.165, 1.54) is 20.9 Å². The minimum atomic E-state index is 0.0602. The van der Waals surface area contributed by atoms with Crippen LogP contribution >= 0.6 is 31.5 Å². The molecular formula is C28H34Cl2FeN2S. The third-order valence-electron chi connectivity index (χ3n) is 5.32. The second-order valence-corrected chi connectivity index (χ2v) is 13.1. The molecule has 0 aliphatic rings. The zero-order chi connectivity index (χ0) is 25.5. The molecule has 1 heterocycles. The molecule has 2 nitrogen and oxygen atoms in total. The average Bonchev–Trinajstić information content (AvgIpc) is 3.24. The van der Waals surface area contributed by atoms with Crippen LogP contribution in [0.25, 0.3) is 0 Å². The fourth-order valence-electron chi connectivity index (χ4n) is 3.61. The first-order valence-corrected chi connectivity index (χ1v) is 15.0. The van der Waals surface area contributed by atoms with E-state index in [9.17, 15) is 0 Å². The number of benzene rings is 2. The first-order valence-electron chi connectivity index (χ1n) is 11.1. The number of halogens is 2. The molecule has 0 N–H and O–H groups in total. The molecule has 34 heavy (non-hydrogen) atoms. The number of para-hydroxylation sites is 2. The van der Waals surface area contributed by atoms with Gasteiger partial charge in [-0.2, -0.15) is 0 Å². The average molecular weight is 557 g/mol. The summed E-state index contributed by atoms with van der Waals surface area (Å²) in [6, 6.07) is 21.2. The van der Waals surface area contributed by atoms with Crippen molar-refractivity contribution >= 4 is 54.3 Å². The Balaban J connectivity index is 0.00000129. The van der Waals surface area contributed by atoms with Gasteiger partial charge in [-0.1, -0.05) is 77.9 Å². The molecule has 184 valence electrons. The predicted octanol–water partition coefficient (Wildman–Crippen LogP) is 10.0. The zero-order valence-corrected chi connectivity index (χ0v) is 24.6. The van der Waals surface area contributed by atoms with Gasteiger partial charge in [0.15, 0.2) is 0 Å². The minimum absolute atomic E-state index is 0.0602. The summed E-state index contributed by atoms with van der Waals surface area (Å²) in [4.78, 5) is 12.3. The van der Waals surface area contributed by atoms with E-state index in [0.29, 0.717) is 0 Å². The standard InChI is InChI=1S/C28H34N2S.2ClH.Fe/c1-19(29-23-15-11-9-13-21(23)27(3,4)5)25-17-18-26(31-25)20(2)30-24-16-12-10-14-22(24)28(6,7)8;;;/h9-18H,1-8H3;2*1H;/q;;;+2/p-2. The molecule has 0 aliphatic heterocycles. The molecule has 0 bridgehead atoms. The molecule has 0 atom stereocenters. The number of hydrogen-bond acceptors (Lipinski definition) is 3. The van der Waals surface area contributed by atoms with Crippen molar-refractivity contribution in [2.75, 3.05) is 0 Å². The SMILES string of the molecule is CC(=Nc1ccccc1C(C)(C)C)c1ccc(C(C)=Nc2ccccc2C(C)(C)C)s1.[Cl][Fe][Cl]. The van der Waals surface area contributed by atoms with Crippen molar-refractivity contribution in [3.63, 3.8) is 0 Å². The Morgan fingerprint density at radius 1 is 0.647 bits per heavy atom. The van der Waals surface area contributed by atoms with Crippen LogP contribution < -0.4 is 0 Å². The normalized spacial score (nSPS) is 13.0. The Kier molecular flexibility index (Phi) is 10.6. The van der Waals surface area contributed by atoms with Gasteiger partial charge in [0.25, 0.3) is 0 Å². The molecule has 0 amide bonds. The summed E-state index contributed by atoms with van der Waals surface area (Å²) in [5.74, 6) is 0. The third kappa shape index (κ3) is 8.07. The van der Waals surface area contributed by atoms with E-state index >= 15 is 0 Å². The predicted molar refractivity (Wildman–Crippen MR) is 150 cm³/mol. The van der Waals surface area contributed by atoms with Gasteiger partial charge in [-0.05, 0) is 60.1 Å². The summed E-state index contributed by atoms with van der Waals surface area (Å²) in [6.45, 7) is 17.6. The molecule has 0 saturated carbocycles. The number of aliphatic imine (C=N–C) groups is 2. The van der Waals surface area contributed by atoms with Crippen molar-refractivity contribution in [3.05, 3.63) is 81.5 Å². The first-order chi connectivity index (χ1) is 15.9. The molecule has 0 fully saturated rings. The van der Waals surface area contributed by atoms with E-state index in [1.54, 1.807) is 11.3 Å². The van der Waals surface area contributed by atoms with E-state index in [2.05, 4.69) is 116 Å². The summed E-state index contributed by atoms with van der Waals surface area (Å²) in [6.07, 6.45) is 0. The van der Waals surface area contributed by atoms with Crippen molar-refractivity contribution in [1.29, 1.82) is 0 Å². The molecule has 0 spiro atoms. The van der Waals surface area contributed by atoms with Crippen LogP contribution in [0.4, 0.5) is 11.4 Å². The van der Waals surface area contributed by atoms with Crippen molar-refractivity contribution in [2.45, 2.75) is 66.2 Å². The van der Waals surface area contributed by atoms with Gasteiger partial charge in [0, 0.05) is 9.75 Å². The van der Waals surface area contributed by atoms with E-state index < -0.39 is 0 Å². The molecule has 0 saturated heterocycles. The van der Waals surface area contributed by atoms with Gasteiger partial charge >= 0.3 is 33.3 Å². The van der Waals surface area contributed by atoms with Crippen LogP contribution in [0, 0.1) is 0 Å². The Bertz CT molecular complexity index is 1060. The zero-order valence-electron chi connectivity index (χ0n) is 21.2. The fraction of sp³-hybridized carbons (Fsp3) is 0.357. The van der Waals surface area contributed by atoms with Crippen LogP contribution in [0.3, 0.4) is 0 Å². The first kappa shape index (κ1) is 28.8. The van der Waals surface area contributed by atoms with Crippen LogP contribution in [0.15, 0.2) is 70.6 Å². The summed E-state index contributed by atoms with van der Waals surface area (Å²) in [5, 5.41) is 0. The van der Waals surface area contributed by atoms with Crippen molar-refractivity contribution in [2.24, 2.45) is 9.98 Å². The summed E-state index contributed by atoms with van der Waals surface area (Å²) in [5.41, 5.74) is 6.82. The quantitative estimate of drug-likeness (QED) is 0.225. The van der Waals surface area contributed by atoms with Crippen molar-refractivity contribution in [1.82, 2.24) is 0 Å². The second-order valence-electron chi connectivity index (χ2n) is 10.1. The molecule has 3 aromatic rings. The monoisotopic (exact) mass is 556 g/mol. The number of rotatable bonds is 4. The van der Waals surface area contributed by atoms with Gasteiger partial charge in [-0.3, -0.25) is 9.98 Å². The topological polar surface area (TPSA) is 24.7 Å². The summed E-state index contributed by atoms with van der Waals surface area (Å²) < 4.78 is 0. The van der Waals surface area contributed by atoms with Crippen LogP contribution in [0.1, 0.15) is 76.3 Å². The van der Waals surface area contributed by atoms with E-state index in [1.807, 2.05) is 0 Å². The number of thiophene rings is 1. The van der Waals surface area contributed by atoms with Crippen molar-refractivity contribution < 1.29 is 13.1 Å². The second kappa shape index (κ2) is 12.5. The molecule has 6 heteroatoms. The van der Waals surface area contributed by atoms with E-state index in [-0.39, 0.29) is 24.0 Å². The van der Waals surface area contributed by atoms with Crippen LogP contribution in [-0.4, -0.2) is 11.4 Å². The third-order valence-corrected chi connectivity index (χ3v) is 6.62. The van der Waals surface area contributed by atoms with Gasteiger partial charge < -0.3 is 0 Å². The Morgan fingerprint density at radius 3 is 1.29 bits per heavy atom. The maximum atomic E-state index is 4.99. The molecule has 0 radical (unpaired) electrons. The van der Waals surface area contributed by atoms with Crippen LogP contribution in [0.5, 0.6) is 0 Å². The van der Waals surface area contributed by atoms with Gasteiger partial charge in [0.2, 0.25) is 0 Å². The molecular weight excluding hydrogens is 523 g/mol. The Labute approximate surface area is 224 Å². The molecule has 3 rings (SSSR count).